The van der Waals surface area contributed by atoms with Crippen molar-refractivity contribution in [3.05, 3.63) is 103 Å². The number of rotatable bonds is 3. The largest absolute Gasteiger partial charge is 0.457 e. The molecule has 0 atom stereocenters. The molecule has 0 amide bonds. The molecule has 0 unspecified atom stereocenters. The Hall–Kier alpha value is -3.65. The first-order valence-corrected chi connectivity index (χ1v) is 9.44. The third kappa shape index (κ3) is 2.80. The van der Waals surface area contributed by atoms with Gasteiger partial charge in [0.05, 0.1) is 10.8 Å². The summed E-state index contributed by atoms with van der Waals surface area (Å²) in [7, 11) is 2.12. The van der Waals surface area contributed by atoms with Crippen molar-refractivity contribution in [1.82, 2.24) is 0 Å². The average molecular weight is 362 g/mol. The third-order valence-corrected chi connectivity index (χ3v) is 5.17. The van der Waals surface area contributed by atoms with Gasteiger partial charge >= 0.3 is 0 Å². The van der Waals surface area contributed by atoms with E-state index in [2.05, 4.69) is 78.3 Å². The second-order valence-electron chi connectivity index (χ2n) is 6.91. The Morgan fingerprint density at radius 3 is 2.00 bits per heavy atom. The predicted molar refractivity (Wildman–Crippen MR) is 115 cm³/mol. The number of hydrogen-bond donors (Lipinski definition) is 0. The van der Waals surface area contributed by atoms with Crippen LogP contribution < -0.4 is 9.30 Å². The number of aryl methyl sites for hydroxylation is 1. The fraction of sp³-hybridized carbons (Fsp3) is 0.0385. The molecule has 0 aliphatic carbocycles. The molecule has 0 saturated heterocycles. The summed E-state index contributed by atoms with van der Waals surface area (Å²) in [5, 5.41) is 2.42. The second-order valence-corrected chi connectivity index (χ2v) is 6.91. The number of aromatic nitrogens is 1. The molecular formula is C26H20NO+. The fourth-order valence-electron chi connectivity index (χ4n) is 3.86. The van der Waals surface area contributed by atoms with Gasteiger partial charge in [-0.2, -0.15) is 4.57 Å². The molecule has 5 aromatic rings. The molecule has 2 heteroatoms. The van der Waals surface area contributed by atoms with Crippen LogP contribution in [0.15, 0.2) is 103 Å². The zero-order valence-corrected chi connectivity index (χ0v) is 15.7. The molecule has 28 heavy (non-hydrogen) atoms. The van der Waals surface area contributed by atoms with Crippen LogP contribution in [0.1, 0.15) is 0 Å². The number of pyridine rings is 1. The minimum atomic E-state index is 0.839. The number of benzene rings is 4. The Kier molecular flexibility index (Phi) is 4.02. The van der Waals surface area contributed by atoms with Crippen molar-refractivity contribution in [3.63, 3.8) is 0 Å². The van der Waals surface area contributed by atoms with Crippen molar-refractivity contribution < 1.29 is 9.30 Å². The summed E-state index contributed by atoms with van der Waals surface area (Å²) in [6.07, 6.45) is 0. The fourth-order valence-corrected chi connectivity index (χ4v) is 3.86. The third-order valence-electron chi connectivity index (χ3n) is 5.17. The highest BCUT2D eigenvalue weighted by Crippen LogP contribution is 2.36. The maximum Gasteiger partial charge on any atom is 0.213 e. The van der Waals surface area contributed by atoms with E-state index in [4.69, 9.17) is 4.74 Å². The van der Waals surface area contributed by atoms with Gasteiger partial charge in [0.1, 0.15) is 18.5 Å². The van der Waals surface area contributed by atoms with Crippen molar-refractivity contribution in [2.45, 2.75) is 0 Å². The Morgan fingerprint density at radius 1 is 0.571 bits per heavy atom. The molecule has 0 bridgehead atoms. The van der Waals surface area contributed by atoms with E-state index in [9.17, 15) is 0 Å². The summed E-state index contributed by atoms with van der Waals surface area (Å²) in [6, 6.07) is 35.4. The Labute approximate surface area is 164 Å². The van der Waals surface area contributed by atoms with E-state index >= 15 is 0 Å². The highest BCUT2D eigenvalue weighted by atomic mass is 16.5. The van der Waals surface area contributed by atoms with Crippen LogP contribution in [-0.2, 0) is 7.05 Å². The summed E-state index contributed by atoms with van der Waals surface area (Å²) in [5.41, 5.74) is 4.84. The Morgan fingerprint density at radius 2 is 1.21 bits per heavy atom. The van der Waals surface area contributed by atoms with Gasteiger partial charge < -0.3 is 4.74 Å². The van der Waals surface area contributed by atoms with Gasteiger partial charge in [-0.3, -0.25) is 0 Å². The zero-order chi connectivity index (χ0) is 18.9. The summed E-state index contributed by atoms with van der Waals surface area (Å²) in [5.74, 6) is 1.68. The number of nitrogens with zero attached hydrogens (tertiary/aromatic N) is 1. The molecule has 0 N–H and O–H groups in total. The minimum Gasteiger partial charge on any atom is -0.457 e. The van der Waals surface area contributed by atoms with Crippen molar-refractivity contribution in [1.29, 1.82) is 0 Å². The van der Waals surface area contributed by atoms with E-state index in [1.165, 1.54) is 32.9 Å². The highest BCUT2D eigenvalue weighted by molar-refractivity contribution is 6.07. The first-order valence-electron chi connectivity index (χ1n) is 9.44. The van der Waals surface area contributed by atoms with Gasteiger partial charge in [0.2, 0.25) is 11.0 Å². The molecule has 4 aromatic carbocycles. The van der Waals surface area contributed by atoms with Gasteiger partial charge in [0.25, 0.3) is 0 Å². The van der Waals surface area contributed by atoms with Gasteiger partial charge in [-0.1, -0.05) is 60.7 Å². The van der Waals surface area contributed by atoms with Crippen molar-refractivity contribution in [2.75, 3.05) is 0 Å². The first-order chi connectivity index (χ1) is 13.8. The molecule has 0 fully saturated rings. The summed E-state index contributed by atoms with van der Waals surface area (Å²) >= 11 is 0. The van der Waals surface area contributed by atoms with E-state index in [0.717, 1.165) is 11.5 Å². The number of ether oxygens (including phenoxy) is 1. The predicted octanol–water partition coefficient (Wildman–Crippen LogP) is 6.28. The Balaban J connectivity index is 1.81. The van der Waals surface area contributed by atoms with Crippen LogP contribution in [0, 0.1) is 0 Å². The molecular weight excluding hydrogens is 342 g/mol. The molecule has 0 saturated carbocycles. The van der Waals surface area contributed by atoms with E-state index in [1.807, 2.05) is 36.4 Å². The van der Waals surface area contributed by atoms with Crippen LogP contribution in [0.5, 0.6) is 11.5 Å². The standard InChI is InChI=1S/C26H20NO/c1-27-24-15-9-8-14-22(24)26(19-10-4-2-5-11-19)23-18-21(16-17-25(23)27)28-20-12-6-3-7-13-20/h2-18H,1H3/q+1. The first kappa shape index (κ1) is 16.5. The summed E-state index contributed by atoms with van der Waals surface area (Å²) in [4.78, 5) is 0. The molecule has 0 aliphatic heterocycles. The van der Waals surface area contributed by atoms with Crippen LogP contribution in [-0.4, -0.2) is 0 Å². The zero-order valence-electron chi connectivity index (χ0n) is 15.7. The van der Waals surface area contributed by atoms with Gasteiger partial charge in [-0.25, -0.2) is 0 Å². The lowest BCUT2D eigenvalue weighted by Gasteiger charge is -2.12. The van der Waals surface area contributed by atoms with E-state index in [0.29, 0.717) is 0 Å². The smallest absolute Gasteiger partial charge is 0.213 e. The van der Waals surface area contributed by atoms with Crippen LogP contribution in [0.2, 0.25) is 0 Å². The topological polar surface area (TPSA) is 13.1 Å². The molecule has 0 spiro atoms. The number of para-hydroxylation sites is 2. The van der Waals surface area contributed by atoms with Gasteiger partial charge in [-0.15, -0.1) is 0 Å². The molecule has 0 radical (unpaired) electrons. The molecule has 134 valence electrons. The van der Waals surface area contributed by atoms with Crippen LogP contribution in [0.3, 0.4) is 0 Å². The number of fused-ring (bicyclic) bond motifs is 2. The number of hydrogen-bond acceptors (Lipinski definition) is 1. The Bertz CT molecular complexity index is 1280. The minimum absolute atomic E-state index is 0.839. The normalized spacial score (nSPS) is 11.0. The van der Waals surface area contributed by atoms with E-state index in [1.54, 1.807) is 0 Å². The maximum absolute atomic E-state index is 6.12. The van der Waals surface area contributed by atoms with Crippen molar-refractivity contribution in [3.8, 4) is 22.6 Å². The van der Waals surface area contributed by atoms with Gasteiger partial charge in [0.15, 0.2) is 0 Å². The average Bonchev–Trinajstić information content (AvgIpc) is 2.75. The molecule has 5 rings (SSSR count). The summed E-state index contributed by atoms with van der Waals surface area (Å²) in [6.45, 7) is 0. The highest BCUT2D eigenvalue weighted by Gasteiger charge is 2.19. The molecule has 0 aliphatic rings. The monoisotopic (exact) mass is 362 g/mol. The second kappa shape index (κ2) is 6.82. The quantitative estimate of drug-likeness (QED) is 0.272. The lowest BCUT2D eigenvalue weighted by Crippen LogP contribution is -2.30. The van der Waals surface area contributed by atoms with Crippen molar-refractivity contribution >= 4 is 21.8 Å². The van der Waals surface area contributed by atoms with Crippen LogP contribution in [0.25, 0.3) is 32.9 Å². The summed E-state index contributed by atoms with van der Waals surface area (Å²) < 4.78 is 8.37. The van der Waals surface area contributed by atoms with E-state index < -0.39 is 0 Å². The SMILES string of the molecule is C[n+]1c2ccccc2c(-c2ccccc2)c2cc(Oc3ccccc3)ccc21. The molecule has 1 aromatic heterocycles. The van der Waals surface area contributed by atoms with Gasteiger partial charge in [0, 0.05) is 17.7 Å². The van der Waals surface area contributed by atoms with Crippen molar-refractivity contribution in [2.24, 2.45) is 7.05 Å². The maximum atomic E-state index is 6.12. The van der Waals surface area contributed by atoms with Gasteiger partial charge in [-0.05, 0) is 35.9 Å². The molecule has 1 heterocycles. The van der Waals surface area contributed by atoms with E-state index in [-0.39, 0.29) is 0 Å². The van der Waals surface area contributed by atoms with Crippen LogP contribution in [0.4, 0.5) is 0 Å². The lowest BCUT2D eigenvalue weighted by molar-refractivity contribution is -0.617. The van der Waals surface area contributed by atoms with Crippen LogP contribution >= 0.6 is 0 Å². The lowest BCUT2D eigenvalue weighted by atomic mass is 9.95. The molecule has 2 nitrogen and oxygen atoms in total.